The summed E-state index contributed by atoms with van der Waals surface area (Å²) >= 11 is 0. The molecule has 1 amide bonds. The van der Waals surface area contributed by atoms with Gasteiger partial charge in [0.1, 0.15) is 0 Å². The molecule has 2 fully saturated rings. The molecule has 0 aromatic heterocycles. The first-order valence-electron chi connectivity index (χ1n) is 14.6. The van der Waals surface area contributed by atoms with E-state index in [4.69, 9.17) is 18.9 Å². The number of carbonyl (C=O) groups is 1. The number of benzene rings is 3. The van der Waals surface area contributed by atoms with Crippen molar-refractivity contribution in [3.63, 3.8) is 0 Å². The monoisotopic (exact) mass is 556 g/mol. The lowest BCUT2D eigenvalue weighted by atomic mass is 10.0. The quantitative estimate of drug-likeness (QED) is 0.379. The minimum Gasteiger partial charge on any atom is -0.493 e. The van der Waals surface area contributed by atoms with Crippen LogP contribution in [0, 0.1) is 0 Å². The van der Waals surface area contributed by atoms with Crippen molar-refractivity contribution in [2.24, 2.45) is 4.99 Å². The Balaban J connectivity index is 0.936. The van der Waals surface area contributed by atoms with Gasteiger partial charge in [0, 0.05) is 52.0 Å². The predicted octanol–water partition coefficient (Wildman–Crippen LogP) is 4.48. The second kappa shape index (κ2) is 11.2. The first-order valence-corrected chi connectivity index (χ1v) is 14.6. The van der Waals surface area contributed by atoms with Crippen LogP contribution < -0.4 is 18.9 Å². The highest BCUT2D eigenvalue weighted by Crippen LogP contribution is 2.38. The van der Waals surface area contributed by atoms with Gasteiger partial charge in [-0.05, 0) is 72.0 Å². The summed E-state index contributed by atoms with van der Waals surface area (Å²) in [6.45, 7) is 7.79. The van der Waals surface area contributed by atoms with Gasteiger partial charge in [-0.3, -0.25) is 14.7 Å². The minimum atomic E-state index is 0.0659. The summed E-state index contributed by atoms with van der Waals surface area (Å²) in [5.74, 6) is 3.15. The molecule has 0 aliphatic carbocycles. The van der Waals surface area contributed by atoms with Crippen LogP contribution in [0.15, 0.2) is 47.5 Å². The van der Waals surface area contributed by atoms with Crippen molar-refractivity contribution in [1.29, 1.82) is 0 Å². The van der Waals surface area contributed by atoms with E-state index in [9.17, 15) is 4.79 Å². The molecule has 0 radical (unpaired) electrons. The van der Waals surface area contributed by atoms with E-state index in [1.807, 2.05) is 41.4 Å². The third-order valence-electron chi connectivity index (χ3n) is 8.60. The summed E-state index contributed by atoms with van der Waals surface area (Å²) in [6.07, 6.45) is 4.86. The van der Waals surface area contributed by atoms with Crippen LogP contribution in [0.2, 0.25) is 0 Å². The smallest absolute Gasteiger partial charge is 0.256 e. The Kier molecular flexibility index (Phi) is 7.14. The predicted molar refractivity (Wildman–Crippen MR) is 157 cm³/mol. The van der Waals surface area contributed by atoms with Crippen LogP contribution in [0.4, 0.5) is 5.69 Å². The van der Waals surface area contributed by atoms with Crippen LogP contribution >= 0.6 is 0 Å². The highest BCUT2D eigenvalue weighted by Gasteiger charge is 2.32. The zero-order chi connectivity index (χ0) is 27.8. The van der Waals surface area contributed by atoms with E-state index < -0.39 is 0 Å². The minimum absolute atomic E-state index is 0.0659. The molecule has 0 saturated carbocycles. The number of nitrogens with zero attached hydrogens (tertiary/aromatic N) is 4. The maximum absolute atomic E-state index is 13.3. The van der Waals surface area contributed by atoms with Crippen molar-refractivity contribution < 1.29 is 23.7 Å². The molecule has 0 bridgehead atoms. The highest BCUT2D eigenvalue weighted by atomic mass is 16.7. The Hall–Kier alpha value is -3.82. The molecule has 0 unspecified atom stereocenters. The molecular formula is C32H36N4O5. The number of fused-ring (bicyclic) bond motifs is 4. The number of aliphatic imine (C=N–C) groups is 1. The maximum Gasteiger partial charge on any atom is 0.256 e. The third kappa shape index (κ3) is 5.31. The topological polar surface area (TPSA) is 76.1 Å². The molecule has 2 saturated heterocycles. The average molecular weight is 557 g/mol. The van der Waals surface area contributed by atoms with E-state index in [-0.39, 0.29) is 11.9 Å². The molecule has 1 atom stereocenters. The molecule has 4 aliphatic rings. The van der Waals surface area contributed by atoms with Gasteiger partial charge in [0.15, 0.2) is 23.0 Å². The number of ether oxygens (including phenoxy) is 4. The van der Waals surface area contributed by atoms with Gasteiger partial charge >= 0.3 is 0 Å². The van der Waals surface area contributed by atoms with Crippen molar-refractivity contribution in [2.45, 2.75) is 31.8 Å². The summed E-state index contributed by atoms with van der Waals surface area (Å²) in [6, 6.07) is 14.2. The number of methoxy groups -OCH3 is 1. The molecule has 7 rings (SSSR count). The van der Waals surface area contributed by atoms with Crippen molar-refractivity contribution in [1.82, 2.24) is 14.7 Å². The normalized spacial score (nSPS) is 20.3. The van der Waals surface area contributed by atoms with Crippen LogP contribution in [0.3, 0.4) is 0 Å². The highest BCUT2D eigenvalue weighted by molar-refractivity contribution is 6.07. The summed E-state index contributed by atoms with van der Waals surface area (Å²) in [7, 11) is 1.66. The molecule has 3 aromatic carbocycles. The Bertz CT molecular complexity index is 1480. The van der Waals surface area contributed by atoms with E-state index in [0.29, 0.717) is 30.5 Å². The van der Waals surface area contributed by atoms with E-state index in [2.05, 4.69) is 26.9 Å². The van der Waals surface area contributed by atoms with Gasteiger partial charge in [-0.15, -0.1) is 0 Å². The zero-order valence-corrected chi connectivity index (χ0v) is 23.5. The third-order valence-corrected chi connectivity index (χ3v) is 8.60. The van der Waals surface area contributed by atoms with Gasteiger partial charge in [-0.2, -0.15) is 0 Å². The Morgan fingerprint density at radius 2 is 1.73 bits per heavy atom. The van der Waals surface area contributed by atoms with E-state index in [0.717, 1.165) is 93.0 Å². The van der Waals surface area contributed by atoms with E-state index in [1.165, 1.54) is 5.56 Å². The Labute approximate surface area is 240 Å². The largest absolute Gasteiger partial charge is 0.493 e. The summed E-state index contributed by atoms with van der Waals surface area (Å²) in [4.78, 5) is 24.9. The molecule has 214 valence electrons. The standard InChI is InChI=1S/C32H36N4O5/c1-38-29-17-24-16-27-26(32(37)36-8-2-4-25(36)19-33-27)15-23(24)18-31(29)39-13-3-7-34-9-11-35(12-10-34)20-22-5-6-28-30(14-22)41-21-40-28/h5-6,14-19,25H,2-4,7-13,20-21H2,1H3/t25-/m0/s1. The Morgan fingerprint density at radius 1 is 0.927 bits per heavy atom. The number of rotatable bonds is 8. The maximum atomic E-state index is 13.3. The lowest BCUT2D eigenvalue weighted by Gasteiger charge is -2.34. The van der Waals surface area contributed by atoms with Gasteiger partial charge in [0.05, 0.1) is 31.0 Å². The van der Waals surface area contributed by atoms with Crippen molar-refractivity contribution >= 4 is 28.6 Å². The fourth-order valence-electron chi connectivity index (χ4n) is 6.31. The van der Waals surface area contributed by atoms with Crippen molar-refractivity contribution in [3.05, 3.63) is 53.6 Å². The van der Waals surface area contributed by atoms with Gasteiger partial charge < -0.3 is 28.7 Å². The molecule has 9 nitrogen and oxygen atoms in total. The van der Waals surface area contributed by atoms with E-state index >= 15 is 0 Å². The van der Waals surface area contributed by atoms with Crippen LogP contribution in [0.25, 0.3) is 10.8 Å². The molecule has 0 spiro atoms. The Morgan fingerprint density at radius 3 is 2.61 bits per heavy atom. The first kappa shape index (κ1) is 26.1. The molecule has 41 heavy (non-hydrogen) atoms. The number of amides is 1. The molecule has 0 N–H and O–H groups in total. The SMILES string of the molecule is COc1cc2cc3c(cc2cc1OCCCN1CCN(Cc2ccc4c(c2)OCO4)CC1)C(=O)N1CCC[C@H]1C=N3. The second-order valence-electron chi connectivity index (χ2n) is 11.2. The molecular weight excluding hydrogens is 520 g/mol. The van der Waals surface area contributed by atoms with Gasteiger partial charge in [-0.1, -0.05) is 6.07 Å². The fourth-order valence-corrected chi connectivity index (χ4v) is 6.31. The summed E-state index contributed by atoms with van der Waals surface area (Å²) in [5, 5.41) is 1.94. The lowest BCUT2D eigenvalue weighted by Crippen LogP contribution is -2.46. The second-order valence-corrected chi connectivity index (χ2v) is 11.2. The molecule has 4 heterocycles. The van der Waals surface area contributed by atoms with Crippen LogP contribution in [0.1, 0.15) is 35.2 Å². The van der Waals surface area contributed by atoms with Crippen molar-refractivity contribution in [2.75, 3.05) is 59.8 Å². The van der Waals surface area contributed by atoms with Gasteiger partial charge in [-0.25, -0.2) is 0 Å². The van der Waals surface area contributed by atoms with Crippen LogP contribution in [0.5, 0.6) is 23.0 Å². The summed E-state index contributed by atoms with van der Waals surface area (Å²) < 4.78 is 22.8. The van der Waals surface area contributed by atoms with Crippen molar-refractivity contribution in [3.8, 4) is 23.0 Å². The van der Waals surface area contributed by atoms with Crippen LogP contribution in [-0.2, 0) is 6.54 Å². The van der Waals surface area contributed by atoms with Crippen LogP contribution in [-0.4, -0.2) is 92.6 Å². The summed E-state index contributed by atoms with van der Waals surface area (Å²) in [5.41, 5.74) is 2.64. The average Bonchev–Trinajstić information content (AvgIpc) is 3.65. The molecule has 3 aromatic rings. The fraction of sp³-hybridized carbons (Fsp3) is 0.438. The number of carbonyl (C=O) groups excluding carboxylic acids is 1. The lowest BCUT2D eigenvalue weighted by molar-refractivity contribution is 0.0775. The van der Waals surface area contributed by atoms with E-state index in [1.54, 1.807) is 7.11 Å². The molecule has 4 aliphatic heterocycles. The van der Waals surface area contributed by atoms with Gasteiger partial charge in [0.25, 0.3) is 5.91 Å². The number of hydrogen-bond donors (Lipinski definition) is 0. The first-order chi connectivity index (χ1) is 20.1. The number of piperazine rings is 1. The van der Waals surface area contributed by atoms with Gasteiger partial charge in [0.2, 0.25) is 6.79 Å². The number of hydrogen-bond acceptors (Lipinski definition) is 8. The zero-order valence-electron chi connectivity index (χ0n) is 23.5. The molecule has 9 heteroatoms.